The maximum absolute atomic E-state index is 12.5. The minimum atomic E-state index is -0.159. The van der Waals surface area contributed by atoms with E-state index in [4.69, 9.17) is 4.74 Å². The number of carbonyl (C=O) groups excluding carboxylic acids is 1. The molecule has 0 bridgehead atoms. The predicted molar refractivity (Wildman–Crippen MR) is 94.3 cm³/mol. The predicted octanol–water partition coefficient (Wildman–Crippen LogP) is 3.09. The number of benzene rings is 1. The highest BCUT2D eigenvalue weighted by Gasteiger charge is 2.23. The molecule has 0 unspecified atom stereocenters. The highest BCUT2D eigenvalue weighted by atomic mass is 16.5. The van der Waals surface area contributed by atoms with Gasteiger partial charge in [-0.1, -0.05) is 17.7 Å². The van der Waals surface area contributed by atoms with Crippen LogP contribution in [-0.4, -0.2) is 20.7 Å². The third-order valence-corrected chi connectivity index (χ3v) is 4.25. The number of aromatic nitrogens is 3. The lowest BCUT2D eigenvalue weighted by Gasteiger charge is -2.19. The van der Waals surface area contributed by atoms with Gasteiger partial charge in [-0.15, -0.1) is 0 Å². The fourth-order valence-electron chi connectivity index (χ4n) is 3.00. The maximum Gasteiger partial charge on any atom is 0.247 e. The molecule has 0 fully saturated rings. The van der Waals surface area contributed by atoms with Crippen molar-refractivity contribution in [3.05, 3.63) is 59.4 Å². The summed E-state index contributed by atoms with van der Waals surface area (Å²) in [6.45, 7) is 4.53. The van der Waals surface area contributed by atoms with Crippen LogP contribution in [0.1, 0.15) is 16.7 Å². The Balaban J connectivity index is 1.62. The minimum absolute atomic E-state index is 0.124. The van der Waals surface area contributed by atoms with Gasteiger partial charge < -0.3 is 10.1 Å². The average Bonchev–Trinajstić information content (AvgIpc) is 3.00. The van der Waals surface area contributed by atoms with Crippen molar-refractivity contribution in [1.29, 1.82) is 0 Å². The lowest BCUT2D eigenvalue weighted by Crippen LogP contribution is -2.21. The van der Waals surface area contributed by atoms with E-state index in [0.717, 1.165) is 33.7 Å². The van der Waals surface area contributed by atoms with Crippen molar-refractivity contribution in [2.75, 3.05) is 5.32 Å². The van der Waals surface area contributed by atoms with Crippen LogP contribution in [-0.2, 0) is 17.9 Å². The Morgan fingerprint density at radius 1 is 1.32 bits per heavy atom. The molecule has 1 N–H and O–H groups in total. The number of hydrogen-bond acceptors (Lipinski definition) is 4. The van der Waals surface area contributed by atoms with Gasteiger partial charge in [0, 0.05) is 17.3 Å². The van der Waals surface area contributed by atoms with Crippen LogP contribution in [0.15, 0.2) is 42.7 Å². The SMILES string of the molecule is Cc1ccc2c(c1)-c1c(cnn1CC(=O)Nc1ncccc1C)CO2. The van der Waals surface area contributed by atoms with Crippen molar-refractivity contribution in [1.82, 2.24) is 14.8 Å². The van der Waals surface area contributed by atoms with Gasteiger partial charge in [-0.3, -0.25) is 9.48 Å². The maximum atomic E-state index is 12.5. The summed E-state index contributed by atoms with van der Waals surface area (Å²) in [6.07, 6.45) is 3.43. The summed E-state index contributed by atoms with van der Waals surface area (Å²) in [5, 5.41) is 7.23. The normalized spacial score (nSPS) is 12.1. The van der Waals surface area contributed by atoms with Crippen molar-refractivity contribution in [3.63, 3.8) is 0 Å². The number of ether oxygens (including phenoxy) is 1. The van der Waals surface area contributed by atoms with Crippen LogP contribution in [0.3, 0.4) is 0 Å². The highest BCUT2D eigenvalue weighted by Crippen LogP contribution is 2.37. The molecule has 1 aromatic carbocycles. The van der Waals surface area contributed by atoms with Crippen LogP contribution >= 0.6 is 0 Å². The first-order valence-electron chi connectivity index (χ1n) is 8.12. The second kappa shape index (κ2) is 6.05. The number of aryl methyl sites for hydroxylation is 2. The van der Waals surface area contributed by atoms with Gasteiger partial charge >= 0.3 is 0 Å². The summed E-state index contributed by atoms with van der Waals surface area (Å²) in [5.41, 5.74) is 4.96. The number of nitrogens with zero attached hydrogens (tertiary/aromatic N) is 3. The molecule has 1 aliphatic heterocycles. The molecule has 3 heterocycles. The van der Waals surface area contributed by atoms with Crippen LogP contribution in [0.25, 0.3) is 11.3 Å². The molecule has 0 spiro atoms. The quantitative estimate of drug-likeness (QED) is 0.799. The Hall–Kier alpha value is -3.15. The van der Waals surface area contributed by atoms with Crippen molar-refractivity contribution in [2.24, 2.45) is 0 Å². The number of fused-ring (bicyclic) bond motifs is 3. The molecule has 0 saturated heterocycles. The van der Waals surface area contributed by atoms with E-state index in [-0.39, 0.29) is 12.5 Å². The van der Waals surface area contributed by atoms with Crippen molar-refractivity contribution >= 4 is 11.7 Å². The molecule has 1 aliphatic rings. The van der Waals surface area contributed by atoms with Crippen LogP contribution in [0, 0.1) is 13.8 Å². The van der Waals surface area contributed by atoms with E-state index in [2.05, 4.69) is 21.5 Å². The number of amides is 1. The average molecular weight is 334 g/mol. The van der Waals surface area contributed by atoms with Gasteiger partial charge in [0.15, 0.2) is 0 Å². The number of nitrogens with one attached hydrogen (secondary N) is 1. The molecule has 3 aromatic rings. The summed E-state index contributed by atoms with van der Waals surface area (Å²) in [5.74, 6) is 1.24. The molecule has 0 atom stereocenters. The van der Waals surface area contributed by atoms with E-state index >= 15 is 0 Å². The molecule has 4 rings (SSSR count). The first kappa shape index (κ1) is 15.4. The smallest absolute Gasteiger partial charge is 0.247 e. The third kappa shape index (κ3) is 2.87. The van der Waals surface area contributed by atoms with Crippen LogP contribution in [0.5, 0.6) is 5.75 Å². The molecule has 6 nitrogen and oxygen atoms in total. The van der Waals surface area contributed by atoms with Gasteiger partial charge in [0.2, 0.25) is 5.91 Å². The zero-order chi connectivity index (χ0) is 17.4. The van der Waals surface area contributed by atoms with Crippen molar-refractivity contribution in [3.8, 4) is 17.0 Å². The van der Waals surface area contributed by atoms with Gasteiger partial charge in [-0.25, -0.2) is 4.98 Å². The molecule has 6 heteroatoms. The summed E-state index contributed by atoms with van der Waals surface area (Å²) in [6, 6.07) is 9.79. The van der Waals surface area contributed by atoms with Gasteiger partial charge in [0.25, 0.3) is 0 Å². The fraction of sp³-hybridized carbons (Fsp3) is 0.211. The number of carbonyl (C=O) groups is 1. The monoisotopic (exact) mass is 334 g/mol. The minimum Gasteiger partial charge on any atom is -0.488 e. The Morgan fingerprint density at radius 2 is 2.20 bits per heavy atom. The number of rotatable bonds is 3. The summed E-state index contributed by atoms with van der Waals surface area (Å²) < 4.78 is 7.50. The van der Waals surface area contributed by atoms with E-state index in [1.54, 1.807) is 17.1 Å². The summed E-state index contributed by atoms with van der Waals surface area (Å²) in [7, 11) is 0. The Labute approximate surface area is 145 Å². The van der Waals surface area contributed by atoms with Gasteiger partial charge in [0.1, 0.15) is 24.7 Å². The second-order valence-electron chi connectivity index (χ2n) is 6.18. The molecule has 0 radical (unpaired) electrons. The first-order chi connectivity index (χ1) is 12.1. The molecule has 0 aliphatic carbocycles. The van der Waals surface area contributed by atoms with Gasteiger partial charge in [-0.2, -0.15) is 5.10 Å². The Bertz CT molecular complexity index is 962. The zero-order valence-corrected chi connectivity index (χ0v) is 14.1. The molecule has 126 valence electrons. The largest absolute Gasteiger partial charge is 0.488 e. The third-order valence-electron chi connectivity index (χ3n) is 4.25. The molecule has 2 aromatic heterocycles. The van der Waals surface area contributed by atoms with Crippen molar-refractivity contribution < 1.29 is 9.53 Å². The van der Waals surface area contributed by atoms with Crippen molar-refractivity contribution in [2.45, 2.75) is 27.0 Å². The van der Waals surface area contributed by atoms with Crippen LogP contribution in [0.4, 0.5) is 5.82 Å². The Kier molecular flexibility index (Phi) is 3.72. The van der Waals surface area contributed by atoms with Crippen LogP contribution in [0.2, 0.25) is 0 Å². The number of anilines is 1. The molecule has 25 heavy (non-hydrogen) atoms. The van der Waals surface area contributed by atoms with Gasteiger partial charge in [-0.05, 0) is 37.6 Å². The number of pyridine rings is 1. The summed E-state index contributed by atoms with van der Waals surface area (Å²) >= 11 is 0. The van der Waals surface area contributed by atoms with E-state index in [0.29, 0.717) is 12.4 Å². The van der Waals surface area contributed by atoms with E-state index < -0.39 is 0 Å². The zero-order valence-electron chi connectivity index (χ0n) is 14.1. The van der Waals surface area contributed by atoms with E-state index in [9.17, 15) is 4.79 Å². The number of hydrogen-bond donors (Lipinski definition) is 1. The molecule has 0 saturated carbocycles. The highest BCUT2D eigenvalue weighted by molar-refractivity contribution is 5.90. The van der Waals surface area contributed by atoms with E-state index in [1.165, 1.54) is 0 Å². The lowest BCUT2D eigenvalue weighted by molar-refractivity contribution is -0.116. The fourth-order valence-corrected chi connectivity index (χ4v) is 3.00. The van der Waals surface area contributed by atoms with Gasteiger partial charge in [0.05, 0.1) is 11.9 Å². The Morgan fingerprint density at radius 3 is 3.04 bits per heavy atom. The second-order valence-corrected chi connectivity index (χ2v) is 6.18. The molecular formula is C19H18N4O2. The van der Waals surface area contributed by atoms with Crippen LogP contribution < -0.4 is 10.1 Å². The molecular weight excluding hydrogens is 316 g/mol. The van der Waals surface area contributed by atoms with E-state index in [1.807, 2.05) is 38.1 Å². The standard InChI is InChI=1S/C19H18N4O2/c1-12-5-6-16-15(8-12)18-14(11-25-16)9-21-23(18)10-17(24)22-19-13(2)4-3-7-20-19/h3-9H,10-11H2,1-2H3,(H,20,22,24). The lowest BCUT2D eigenvalue weighted by atomic mass is 10.0. The molecule has 1 amide bonds. The first-order valence-corrected chi connectivity index (χ1v) is 8.12. The summed E-state index contributed by atoms with van der Waals surface area (Å²) in [4.78, 5) is 16.7. The topological polar surface area (TPSA) is 69.0 Å².